The van der Waals surface area contributed by atoms with Crippen LogP contribution >= 0.6 is 0 Å². The van der Waals surface area contributed by atoms with Crippen molar-refractivity contribution in [2.75, 3.05) is 6.61 Å². The molecule has 1 heteroatoms. The highest BCUT2D eigenvalue weighted by Gasteiger charge is 1.85. The first-order valence-electron chi connectivity index (χ1n) is 3.70. The summed E-state index contributed by atoms with van der Waals surface area (Å²) >= 11 is 0. The molecule has 0 fully saturated rings. The summed E-state index contributed by atoms with van der Waals surface area (Å²) in [6.07, 6.45) is 7.98. The summed E-state index contributed by atoms with van der Waals surface area (Å²) < 4.78 is 0. The second-order valence-electron chi connectivity index (χ2n) is 2.37. The molecule has 0 atom stereocenters. The largest absolute Gasteiger partial charge is 0.396 e. The van der Waals surface area contributed by atoms with Crippen molar-refractivity contribution in [1.29, 1.82) is 0 Å². The fourth-order valence-electron chi connectivity index (χ4n) is 0.702. The number of allylic oxidation sites excluding steroid dienone is 4. The SMILES string of the molecule is CC=CC=C(C)CCCO. The summed E-state index contributed by atoms with van der Waals surface area (Å²) in [6, 6.07) is 0. The van der Waals surface area contributed by atoms with Crippen molar-refractivity contribution in [3.63, 3.8) is 0 Å². The van der Waals surface area contributed by atoms with E-state index in [1.165, 1.54) is 5.57 Å². The van der Waals surface area contributed by atoms with E-state index in [0.717, 1.165) is 12.8 Å². The van der Waals surface area contributed by atoms with Crippen molar-refractivity contribution >= 4 is 0 Å². The Morgan fingerprint density at radius 2 is 2.20 bits per heavy atom. The van der Waals surface area contributed by atoms with Gasteiger partial charge >= 0.3 is 0 Å². The predicted octanol–water partition coefficient (Wildman–Crippen LogP) is 2.28. The topological polar surface area (TPSA) is 20.2 Å². The maximum absolute atomic E-state index is 8.50. The predicted molar refractivity (Wildman–Crippen MR) is 44.9 cm³/mol. The van der Waals surface area contributed by atoms with Crippen LogP contribution in [0, 0.1) is 0 Å². The van der Waals surface area contributed by atoms with Gasteiger partial charge in [0.2, 0.25) is 0 Å². The number of aliphatic hydroxyl groups is 1. The minimum Gasteiger partial charge on any atom is -0.396 e. The van der Waals surface area contributed by atoms with Gasteiger partial charge in [-0.15, -0.1) is 0 Å². The Bertz CT molecular complexity index is 123. The molecule has 0 heterocycles. The Labute approximate surface area is 63.1 Å². The fourth-order valence-corrected chi connectivity index (χ4v) is 0.702. The summed E-state index contributed by atoms with van der Waals surface area (Å²) in [5.74, 6) is 0. The second-order valence-corrected chi connectivity index (χ2v) is 2.37. The Balaban J connectivity index is 3.49. The zero-order chi connectivity index (χ0) is 7.82. The summed E-state index contributed by atoms with van der Waals surface area (Å²) in [5.41, 5.74) is 1.33. The zero-order valence-electron chi connectivity index (χ0n) is 6.80. The lowest BCUT2D eigenvalue weighted by molar-refractivity contribution is 0.288. The van der Waals surface area contributed by atoms with E-state index in [0.29, 0.717) is 6.61 Å². The van der Waals surface area contributed by atoms with Crippen LogP contribution in [-0.4, -0.2) is 11.7 Å². The van der Waals surface area contributed by atoms with Gasteiger partial charge < -0.3 is 5.11 Å². The van der Waals surface area contributed by atoms with Gasteiger partial charge in [-0.05, 0) is 26.7 Å². The van der Waals surface area contributed by atoms with Gasteiger partial charge in [-0.2, -0.15) is 0 Å². The average Bonchev–Trinajstić information content (AvgIpc) is 1.97. The molecule has 0 aromatic carbocycles. The highest BCUT2D eigenvalue weighted by Crippen LogP contribution is 2.02. The number of hydrogen-bond donors (Lipinski definition) is 1. The van der Waals surface area contributed by atoms with Crippen LogP contribution in [0.3, 0.4) is 0 Å². The third kappa shape index (κ3) is 5.57. The van der Waals surface area contributed by atoms with E-state index in [2.05, 4.69) is 13.0 Å². The number of aliphatic hydroxyl groups excluding tert-OH is 1. The van der Waals surface area contributed by atoms with Crippen LogP contribution in [0.25, 0.3) is 0 Å². The molecule has 10 heavy (non-hydrogen) atoms. The highest BCUT2D eigenvalue weighted by atomic mass is 16.2. The molecule has 0 aliphatic rings. The molecule has 1 nitrogen and oxygen atoms in total. The summed E-state index contributed by atoms with van der Waals surface area (Å²) in [6.45, 7) is 4.37. The fraction of sp³-hybridized carbons (Fsp3) is 0.556. The monoisotopic (exact) mass is 140 g/mol. The molecule has 0 unspecified atom stereocenters. The quantitative estimate of drug-likeness (QED) is 0.594. The third-order valence-corrected chi connectivity index (χ3v) is 1.30. The zero-order valence-corrected chi connectivity index (χ0v) is 6.80. The van der Waals surface area contributed by atoms with E-state index in [4.69, 9.17) is 5.11 Å². The van der Waals surface area contributed by atoms with Gasteiger partial charge in [0.1, 0.15) is 0 Å². The molecule has 0 aliphatic carbocycles. The first-order chi connectivity index (χ1) is 4.81. The van der Waals surface area contributed by atoms with E-state index in [9.17, 15) is 0 Å². The normalized spacial score (nSPS) is 12.9. The summed E-state index contributed by atoms with van der Waals surface area (Å²) in [4.78, 5) is 0. The van der Waals surface area contributed by atoms with Crippen LogP contribution in [0.5, 0.6) is 0 Å². The van der Waals surface area contributed by atoms with Crippen LogP contribution in [0.15, 0.2) is 23.8 Å². The van der Waals surface area contributed by atoms with Crippen LogP contribution in [0.1, 0.15) is 26.7 Å². The van der Waals surface area contributed by atoms with Crippen molar-refractivity contribution in [3.8, 4) is 0 Å². The van der Waals surface area contributed by atoms with Gasteiger partial charge in [-0.1, -0.05) is 23.8 Å². The molecule has 0 saturated heterocycles. The maximum Gasteiger partial charge on any atom is 0.0434 e. The third-order valence-electron chi connectivity index (χ3n) is 1.30. The van der Waals surface area contributed by atoms with E-state index in [1.54, 1.807) is 0 Å². The Kier molecular flexibility index (Phi) is 6.19. The molecule has 0 spiro atoms. The van der Waals surface area contributed by atoms with Gasteiger partial charge in [0.05, 0.1) is 0 Å². The first-order valence-corrected chi connectivity index (χ1v) is 3.70. The summed E-state index contributed by atoms with van der Waals surface area (Å²) in [5, 5.41) is 8.50. The lowest BCUT2D eigenvalue weighted by atomic mass is 10.1. The molecule has 0 aromatic heterocycles. The van der Waals surface area contributed by atoms with Crippen LogP contribution in [-0.2, 0) is 0 Å². The van der Waals surface area contributed by atoms with Gasteiger partial charge in [0.15, 0.2) is 0 Å². The maximum atomic E-state index is 8.50. The minimum atomic E-state index is 0.293. The standard InChI is InChI=1S/C9H16O/c1-3-4-6-9(2)7-5-8-10/h3-4,6,10H,5,7-8H2,1-2H3. The molecule has 0 aromatic rings. The second kappa shape index (κ2) is 6.56. The molecular weight excluding hydrogens is 124 g/mol. The number of rotatable bonds is 4. The molecule has 58 valence electrons. The van der Waals surface area contributed by atoms with Crippen LogP contribution < -0.4 is 0 Å². The lowest BCUT2D eigenvalue weighted by Crippen LogP contribution is -1.82. The Morgan fingerprint density at radius 3 is 2.70 bits per heavy atom. The Morgan fingerprint density at radius 1 is 1.50 bits per heavy atom. The van der Waals surface area contributed by atoms with E-state index >= 15 is 0 Å². The first kappa shape index (κ1) is 9.44. The molecule has 0 amide bonds. The van der Waals surface area contributed by atoms with Crippen molar-refractivity contribution in [3.05, 3.63) is 23.8 Å². The molecule has 0 bridgehead atoms. The Hall–Kier alpha value is -0.560. The van der Waals surface area contributed by atoms with Crippen molar-refractivity contribution < 1.29 is 5.11 Å². The van der Waals surface area contributed by atoms with Crippen LogP contribution in [0.2, 0.25) is 0 Å². The van der Waals surface area contributed by atoms with Crippen LogP contribution in [0.4, 0.5) is 0 Å². The van der Waals surface area contributed by atoms with Gasteiger partial charge in [-0.3, -0.25) is 0 Å². The minimum absolute atomic E-state index is 0.293. The van der Waals surface area contributed by atoms with Gasteiger partial charge in [0.25, 0.3) is 0 Å². The number of hydrogen-bond acceptors (Lipinski definition) is 1. The molecule has 0 saturated carbocycles. The van der Waals surface area contributed by atoms with Gasteiger partial charge in [0, 0.05) is 6.61 Å². The van der Waals surface area contributed by atoms with Gasteiger partial charge in [-0.25, -0.2) is 0 Å². The lowest BCUT2D eigenvalue weighted by Gasteiger charge is -1.95. The molecule has 0 aliphatic heterocycles. The van der Waals surface area contributed by atoms with E-state index in [-0.39, 0.29) is 0 Å². The average molecular weight is 140 g/mol. The van der Waals surface area contributed by atoms with E-state index in [1.807, 2.05) is 19.1 Å². The van der Waals surface area contributed by atoms with Crippen molar-refractivity contribution in [2.24, 2.45) is 0 Å². The molecular formula is C9H16O. The highest BCUT2D eigenvalue weighted by molar-refractivity contribution is 5.09. The van der Waals surface area contributed by atoms with Crippen molar-refractivity contribution in [1.82, 2.24) is 0 Å². The van der Waals surface area contributed by atoms with Crippen molar-refractivity contribution in [2.45, 2.75) is 26.7 Å². The summed E-state index contributed by atoms with van der Waals surface area (Å²) in [7, 11) is 0. The van der Waals surface area contributed by atoms with E-state index < -0.39 is 0 Å². The molecule has 0 rings (SSSR count). The molecule has 1 N–H and O–H groups in total. The smallest absolute Gasteiger partial charge is 0.0434 e. The molecule has 0 radical (unpaired) electrons.